The summed E-state index contributed by atoms with van der Waals surface area (Å²) in [6, 6.07) is 0. The molecule has 0 heterocycles. The van der Waals surface area contributed by atoms with Crippen LogP contribution in [-0.2, 0) is 4.79 Å². The molecule has 0 spiro atoms. The Morgan fingerprint density at radius 2 is 2.00 bits per heavy atom. The van der Waals surface area contributed by atoms with Gasteiger partial charge in [0.2, 0.25) is 0 Å². The first-order valence-corrected chi connectivity index (χ1v) is 6.02. The molecule has 0 amide bonds. The second-order valence-electron chi connectivity index (χ2n) is 4.24. The molecule has 1 N–H and O–H groups in total. The standard InChI is InChI=1S/C13H25NO/c1-5-7-8-13(6-2)10-14-11(3)9-12(4)15/h9,13-14H,5-8,10H2,1-4H3. The van der Waals surface area contributed by atoms with Gasteiger partial charge in [-0.2, -0.15) is 0 Å². The van der Waals surface area contributed by atoms with Crippen LogP contribution >= 0.6 is 0 Å². The number of carbonyl (C=O) groups excluding carboxylic acids is 1. The summed E-state index contributed by atoms with van der Waals surface area (Å²) in [7, 11) is 0. The van der Waals surface area contributed by atoms with Crippen molar-refractivity contribution in [2.75, 3.05) is 6.54 Å². The van der Waals surface area contributed by atoms with Crippen molar-refractivity contribution in [1.82, 2.24) is 5.32 Å². The molecule has 2 nitrogen and oxygen atoms in total. The second kappa shape index (κ2) is 8.51. The van der Waals surface area contributed by atoms with E-state index in [-0.39, 0.29) is 5.78 Å². The summed E-state index contributed by atoms with van der Waals surface area (Å²) in [6.07, 6.45) is 6.72. The third-order valence-corrected chi connectivity index (χ3v) is 2.63. The Morgan fingerprint density at radius 3 is 2.47 bits per heavy atom. The summed E-state index contributed by atoms with van der Waals surface area (Å²) < 4.78 is 0. The Kier molecular flexibility index (Phi) is 8.06. The van der Waals surface area contributed by atoms with Crippen LogP contribution in [0.4, 0.5) is 0 Å². The van der Waals surface area contributed by atoms with E-state index < -0.39 is 0 Å². The van der Waals surface area contributed by atoms with Gasteiger partial charge in [-0.25, -0.2) is 0 Å². The van der Waals surface area contributed by atoms with Crippen LogP contribution in [0.2, 0.25) is 0 Å². The van der Waals surface area contributed by atoms with Gasteiger partial charge in [-0.3, -0.25) is 4.79 Å². The molecule has 0 aromatic rings. The van der Waals surface area contributed by atoms with Crippen molar-refractivity contribution >= 4 is 5.78 Å². The lowest BCUT2D eigenvalue weighted by atomic mass is 9.99. The van der Waals surface area contributed by atoms with Crippen LogP contribution in [0.1, 0.15) is 53.4 Å². The predicted molar refractivity (Wildman–Crippen MR) is 65.7 cm³/mol. The average molecular weight is 211 g/mol. The molecular formula is C13H25NO. The van der Waals surface area contributed by atoms with Crippen molar-refractivity contribution in [2.45, 2.75) is 53.4 Å². The SMILES string of the molecule is CCCCC(CC)CNC(C)=CC(C)=O. The molecule has 0 saturated carbocycles. The minimum Gasteiger partial charge on any atom is -0.388 e. The molecule has 1 atom stereocenters. The van der Waals surface area contributed by atoms with Crippen LogP contribution < -0.4 is 5.32 Å². The van der Waals surface area contributed by atoms with Gasteiger partial charge in [-0.1, -0.05) is 33.1 Å². The molecule has 0 fully saturated rings. The Balaban J connectivity index is 3.84. The third kappa shape index (κ3) is 8.22. The van der Waals surface area contributed by atoms with Crippen LogP contribution in [0.15, 0.2) is 11.8 Å². The van der Waals surface area contributed by atoms with Crippen molar-refractivity contribution in [3.05, 3.63) is 11.8 Å². The zero-order valence-corrected chi connectivity index (χ0v) is 10.6. The number of hydrogen-bond acceptors (Lipinski definition) is 2. The maximum atomic E-state index is 10.8. The average Bonchev–Trinajstić information content (AvgIpc) is 2.17. The molecule has 88 valence electrons. The summed E-state index contributed by atoms with van der Waals surface area (Å²) in [6.45, 7) is 8.98. The highest BCUT2D eigenvalue weighted by Crippen LogP contribution is 2.11. The van der Waals surface area contributed by atoms with E-state index in [0.717, 1.165) is 18.2 Å². The summed E-state index contributed by atoms with van der Waals surface area (Å²) in [5, 5.41) is 3.31. The molecule has 0 saturated heterocycles. The topological polar surface area (TPSA) is 29.1 Å². The molecule has 0 rings (SSSR count). The van der Waals surface area contributed by atoms with Gasteiger partial charge >= 0.3 is 0 Å². The van der Waals surface area contributed by atoms with Crippen LogP contribution in [0.5, 0.6) is 0 Å². The van der Waals surface area contributed by atoms with E-state index in [0.29, 0.717) is 0 Å². The maximum absolute atomic E-state index is 10.8. The molecule has 0 aromatic carbocycles. The molecule has 0 aliphatic rings. The first-order chi connectivity index (χ1) is 7.10. The van der Waals surface area contributed by atoms with Crippen molar-refractivity contribution in [1.29, 1.82) is 0 Å². The number of nitrogens with one attached hydrogen (secondary N) is 1. The largest absolute Gasteiger partial charge is 0.388 e. The minimum absolute atomic E-state index is 0.113. The van der Waals surface area contributed by atoms with Crippen molar-refractivity contribution in [2.24, 2.45) is 5.92 Å². The van der Waals surface area contributed by atoms with Crippen LogP contribution in [-0.4, -0.2) is 12.3 Å². The molecule has 2 heteroatoms. The van der Waals surface area contributed by atoms with Gasteiger partial charge in [-0.15, -0.1) is 0 Å². The number of rotatable bonds is 8. The fourth-order valence-corrected chi connectivity index (χ4v) is 1.60. The number of unbranched alkanes of at least 4 members (excludes halogenated alkanes) is 1. The highest BCUT2D eigenvalue weighted by atomic mass is 16.1. The van der Waals surface area contributed by atoms with E-state index in [1.54, 1.807) is 13.0 Å². The molecule has 0 aliphatic heterocycles. The molecule has 0 aromatic heterocycles. The number of allylic oxidation sites excluding steroid dienone is 2. The first-order valence-electron chi connectivity index (χ1n) is 6.02. The summed E-state index contributed by atoms with van der Waals surface area (Å²) >= 11 is 0. The van der Waals surface area contributed by atoms with Gasteiger partial charge in [0.1, 0.15) is 0 Å². The summed E-state index contributed by atoms with van der Waals surface area (Å²) in [5.41, 5.74) is 0.984. The fraction of sp³-hybridized carbons (Fsp3) is 0.769. The van der Waals surface area contributed by atoms with E-state index in [2.05, 4.69) is 19.2 Å². The quantitative estimate of drug-likeness (QED) is 0.624. The second-order valence-corrected chi connectivity index (χ2v) is 4.24. The summed E-state index contributed by atoms with van der Waals surface area (Å²) in [4.78, 5) is 10.8. The normalized spacial score (nSPS) is 13.7. The van der Waals surface area contributed by atoms with E-state index in [4.69, 9.17) is 0 Å². The Bertz CT molecular complexity index is 209. The Morgan fingerprint density at radius 1 is 1.33 bits per heavy atom. The van der Waals surface area contributed by atoms with Crippen molar-refractivity contribution in [3.8, 4) is 0 Å². The molecule has 15 heavy (non-hydrogen) atoms. The van der Waals surface area contributed by atoms with E-state index in [9.17, 15) is 4.79 Å². The monoisotopic (exact) mass is 211 g/mol. The van der Waals surface area contributed by atoms with Gasteiger partial charge in [0.15, 0.2) is 5.78 Å². The first kappa shape index (κ1) is 14.2. The van der Waals surface area contributed by atoms with Crippen LogP contribution in [0.25, 0.3) is 0 Å². The zero-order chi connectivity index (χ0) is 11.7. The fourth-order valence-electron chi connectivity index (χ4n) is 1.60. The van der Waals surface area contributed by atoms with Gasteiger partial charge < -0.3 is 5.32 Å². The highest BCUT2D eigenvalue weighted by molar-refractivity contribution is 5.87. The van der Waals surface area contributed by atoms with Crippen molar-refractivity contribution in [3.63, 3.8) is 0 Å². The Hall–Kier alpha value is -0.790. The smallest absolute Gasteiger partial charge is 0.154 e. The van der Waals surface area contributed by atoms with Gasteiger partial charge in [-0.05, 0) is 32.3 Å². The lowest BCUT2D eigenvalue weighted by Crippen LogP contribution is -2.21. The van der Waals surface area contributed by atoms with E-state index in [1.165, 1.54) is 25.7 Å². The minimum atomic E-state index is 0.113. The van der Waals surface area contributed by atoms with Crippen LogP contribution in [0.3, 0.4) is 0 Å². The zero-order valence-electron chi connectivity index (χ0n) is 10.6. The predicted octanol–water partition coefficient (Wildman–Crippen LogP) is 3.29. The van der Waals surface area contributed by atoms with Crippen molar-refractivity contribution < 1.29 is 4.79 Å². The number of hydrogen-bond donors (Lipinski definition) is 1. The highest BCUT2D eigenvalue weighted by Gasteiger charge is 2.04. The molecule has 0 aliphatic carbocycles. The molecule has 0 bridgehead atoms. The number of carbonyl (C=O) groups is 1. The maximum Gasteiger partial charge on any atom is 0.154 e. The molecular weight excluding hydrogens is 186 g/mol. The third-order valence-electron chi connectivity index (χ3n) is 2.63. The Labute approximate surface area is 94.1 Å². The molecule has 0 radical (unpaired) electrons. The van der Waals surface area contributed by atoms with E-state index >= 15 is 0 Å². The van der Waals surface area contributed by atoms with E-state index in [1.807, 2.05) is 6.92 Å². The lowest BCUT2D eigenvalue weighted by molar-refractivity contribution is -0.112. The summed E-state index contributed by atoms with van der Waals surface area (Å²) in [5.74, 6) is 0.849. The van der Waals surface area contributed by atoms with Gasteiger partial charge in [0.25, 0.3) is 0 Å². The van der Waals surface area contributed by atoms with Gasteiger partial charge in [0, 0.05) is 12.2 Å². The van der Waals surface area contributed by atoms with Gasteiger partial charge in [0.05, 0.1) is 0 Å². The number of ketones is 1. The lowest BCUT2D eigenvalue weighted by Gasteiger charge is -2.16. The van der Waals surface area contributed by atoms with Crippen LogP contribution in [0, 0.1) is 5.92 Å². The molecule has 1 unspecified atom stereocenters.